The van der Waals surface area contributed by atoms with Gasteiger partial charge >= 0.3 is 0 Å². The van der Waals surface area contributed by atoms with Crippen molar-refractivity contribution in [1.82, 2.24) is 0 Å². The molecule has 0 unspecified atom stereocenters. The molecule has 98 valence electrons. The average Bonchev–Trinajstić information content (AvgIpc) is 2.33. The van der Waals surface area contributed by atoms with Crippen LogP contribution in [0.5, 0.6) is 11.5 Å². The van der Waals surface area contributed by atoms with E-state index in [0.29, 0.717) is 6.61 Å². The Morgan fingerprint density at radius 1 is 1.28 bits per heavy atom. The molecular weight excluding hydrogens is 224 g/mol. The molecule has 0 N–H and O–H groups in total. The van der Waals surface area contributed by atoms with Crippen molar-refractivity contribution in [2.24, 2.45) is 0 Å². The summed E-state index contributed by atoms with van der Waals surface area (Å²) >= 11 is 0. The number of hydrogen-bond acceptors (Lipinski definition) is 2. The predicted octanol–water partition coefficient (Wildman–Crippen LogP) is 3.78. The van der Waals surface area contributed by atoms with E-state index in [1.165, 1.54) is 0 Å². The normalized spacial score (nSPS) is 10.8. The quantitative estimate of drug-likeness (QED) is 0.581. The Kier molecular flexibility index (Phi) is 5.09. The van der Waals surface area contributed by atoms with E-state index < -0.39 is 0 Å². The van der Waals surface area contributed by atoms with Crippen LogP contribution in [0, 0.1) is 12.3 Å². The summed E-state index contributed by atoms with van der Waals surface area (Å²) in [7, 11) is 1.68. The lowest BCUT2D eigenvalue weighted by atomic mass is 9.86. The first-order valence-electron chi connectivity index (χ1n) is 6.24. The van der Waals surface area contributed by atoms with E-state index in [4.69, 9.17) is 15.9 Å². The minimum absolute atomic E-state index is 0.0238. The van der Waals surface area contributed by atoms with E-state index >= 15 is 0 Å². The maximum Gasteiger partial charge on any atom is 0.123 e. The first-order chi connectivity index (χ1) is 8.49. The first kappa shape index (κ1) is 14.4. The number of benzene rings is 1. The molecule has 0 aliphatic rings. The van der Waals surface area contributed by atoms with Crippen LogP contribution in [-0.2, 0) is 5.41 Å². The molecule has 0 bridgehead atoms. The molecule has 1 aromatic rings. The third-order valence-corrected chi connectivity index (χ3v) is 2.72. The second kappa shape index (κ2) is 6.35. The van der Waals surface area contributed by atoms with E-state index in [2.05, 4.69) is 26.7 Å². The average molecular weight is 246 g/mol. The molecule has 0 saturated heterocycles. The van der Waals surface area contributed by atoms with Gasteiger partial charge in [0.25, 0.3) is 0 Å². The largest absolute Gasteiger partial charge is 0.497 e. The van der Waals surface area contributed by atoms with Crippen molar-refractivity contribution in [3.63, 3.8) is 0 Å². The molecule has 2 nitrogen and oxygen atoms in total. The monoisotopic (exact) mass is 246 g/mol. The Morgan fingerprint density at radius 2 is 2.00 bits per heavy atom. The van der Waals surface area contributed by atoms with Crippen LogP contribution in [0.2, 0.25) is 0 Å². The standard InChI is InChI=1S/C16H22O2/c1-6-7-8-11-18-15-10-9-13(17-5)12-14(15)16(2,3)4/h1,9-10,12H,7-8,11H2,2-5H3. The SMILES string of the molecule is C#CCCCOc1ccc(OC)cc1C(C)(C)C. The Bertz CT molecular complexity index is 422. The molecule has 0 atom stereocenters. The molecule has 1 aromatic carbocycles. The summed E-state index contributed by atoms with van der Waals surface area (Å²) in [5, 5.41) is 0. The first-order valence-corrected chi connectivity index (χ1v) is 6.24. The highest BCUT2D eigenvalue weighted by molar-refractivity contribution is 5.44. The fraction of sp³-hybridized carbons (Fsp3) is 0.500. The van der Waals surface area contributed by atoms with Crippen LogP contribution < -0.4 is 9.47 Å². The minimum Gasteiger partial charge on any atom is -0.497 e. The maximum atomic E-state index is 5.81. The summed E-state index contributed by atoms with van der Waals surface area (Å²) < 4.78 is 11.1. The molecule has 0 saturated carbocycles. The molecular formula is C16H22O2. The van der Waals surface area contributed by atoms with Gasteiger partial charge in [-0.25, -0.2) is 0 Å². The highest BCUT2D eigenvalue weighted by Gasteiger charge is 2.19. The number of unbranched alkanes of at least 4 members (excludes halogenated alkanes) is 1. The van der Waals surface area contributed by atoms with Gasteiger partial charge in [-0.15, -0.1) is 12.3 Å². The number of methoxy groups -OCH3 is 1. The van der Waals surface area contributed by atoms with Crippen LogP contribution in [-0.4, -0.2) is 13.7 Å². The second-order valence-electron chi connectivity index (χ2n) is 5.27. The Morgan fingerprint density at radius 3 is 2.56 bits per heavy atom. The summed E-state index contributed by atoms with van der Waals surface area (Å²) in [6.45, 7) is 7.14. The van der Waals surface area contributed by atoms with Gasteiger partial charge in [0, 0.05) is 12.0 Å². The smallest absolute Gasteiger partial charge is 0.123 e. The van der Waals surface area contributed by atoms with Crippen LogP contribution in [0.25, 0.3) is 0 Å². The van der Waals surface area contributed by atoms with E-state index in [9.17, 15) is 0 Å². The zero-order valence-corrected chi connectivity index (χ0v) is 11.7. The molecule has 0 aromatic heterocycles. The van der Waals surface area contributed by atoms with Crippen LogP contribution in [0.1, 0.15) is 39.2 Å². The summed E-state index contributed by atoms with van der Waals surface area (Å²) in [5.74, 6) is 4.39. The van der Waals surface area contributed by atoms with Crippen molar-refractivity contribution < 1.29 is 9.47 Å². The Balaban J connectivity index is 2.86. The molecule has 0 heterocycles. The van der Waals surface area contributed by atoms with Gasteiger partial charge in [0.15, 0.2) is 0 Å². The number of rotatable bonds is 5. The van der Waals surface area contributed by atoms with Crippen LogP contribution in [0.3, 0.4) is 0 Å². The molecule has 0 aliphatic carbocycles. The molecule has 1 rings (SSSR count). The third kappa shape index (κ3) is 4.00. The van der Waals surface area contributed by atoms with Gasteiger partial charge in [-0.1, -0.05) is 20.8 Å². The second-order valence-corrected chi connectivity index (χ2v) is 5.27. The van der Waals surface area contributed by atoms with Crippen molar-refractivity contribution in [2.45, 2.75) is 39.0 Å². The van der Waals surface area contributed by atoms with Crippen LogP contribution in [0.15, 0.2) is 18.2 Å². The van der Waals surface area contributed by atoms with E-state index in [1.807, 2.05) is 18.2 Å². The Hall–Kier alpha value is -1.62. The topological polar surface area (TPSA) is 18.5 Å². The lowest BCUT2D eigenvalue weighted by Gasteiger charge is -2.23. The molecule has 0 radical (unpaired) electrons. The van der Waals surface area contributed by atoms with Gasteiger partial charge in [0.2, 0.25) is 0 Å². The van der Waals surface area contributed by atoms with Gasteiger partial charge in [0.1, 0.15) is 11.5 Å². The number of hydrogen-bond donors (Lipinski definition) is 0. The molecule has 0 fully saturated rings. The van der Waals surface area contributed by atoms with Gasteiger partial charge < -0.3 is 9.47 Å². The number of terminal acetylenes is 1. The molecule has 0 aliphatic heterocycles. The fourth-order valence-electron chi connectivity index (χ4n) is 1.70. The summed E-state index contributed by atoms with van der Waals surface area (Å²) in [4.78, 5) is 0. The fourth-order valence-corrected chi connectivity index (χ4v) is 1.70. The van der Waals surface area contributed by atoms with Crippen molar-refractivity contribution in [2.75, 3.05) is 13.7 Å². The molecule has 2 heteroatoms. The van der Waals surface area contributed by atoms with Gasteiger partial charge in [-0.2, -0.15) is 0 Å². The highest BCUT2D eigenvalue weighted by Crippen LogP contribution is 2.34. The van der Waals surface area contributed by atoms with Crippen molar-refractivity contribution in [1.29, 1.82) is 0 Å². The highest BCUT2D eigenvalue weighted by atomic mass is 16.5. The number of ether oxygens (including phenoxy) is 2. The zero-order chi connectivity index (χ0) is 13.6. The van der Waals surface area contributed by atoms with E-state index in [1.54, 1.807) is 7.11 Å². The zero-order valence-electron chi connectivity index (χ0n) is 11.7. The Labute approximate surface area is 110 Å². The lowest BCUT2D eigenvalue weighted by Crippen LogP contribution is -2.14. The predicted molar refractivity (Wildman–Crippen MR) is 75.3 cm³/mol. The summed E-state index contributed by atoms with van der Waals surface area (Å²) in [6.07, 6.45) is 6.85. The third-order valence-electron chi connectivity index (χ3n) is 2.72. The molecule has 0 amide bonds. The molecule has 0 spiro atoms. The maximum absolute atomic E-state index is 5.81. The van der Waals surface area contributed by atoms with Gasteiger partial charge in [0.05, 0.1) is 13.7 Å². The lowest BCUT2D eigenvalue weighted by molar-refractivity contribution is 0.303. The van der Waals surface area contributed by atoms with Gasteiger partial charge in [-0.3, -0.25) is 0 Å². The molecule has 18 heavy (non-hydrogen) atoms. The summed E-state index contributed by atoms with van der Waals surface area (Å²) in [5.41, 5.74) is 1.18. The van der Waals surface area contributed by atoms with Crippen molar-refractivity contribution >= 4 is 0 Å². The van der Waals surface area contributed by atoms with Crippen molar-refractivity contribution in [3.8, 4) is 23.8 Å². The van der Waals surface area contributed by atoms with E-state index in [-0.39, 0.29) is 5.41 Å². The van der Waals surface area contributed by atoms with Crippen molar-refractivity contribution in [3.05, 3.63) is 23.8 Å². The van der Waals surface area contributed by atoms with E-state index in [0.717, 1.165) is 29.9 Å². The van der Waals surface area contributed by atoms with Crippen LogP contribution in [0.4, 0.5) is 0 Å². The minimum atomic E-state index is 0.0238. The van der Waals surface area contributed by atoms with Crippen LogP contribution >= 0.6 is 0 Å². The summed E-state index contributed by atoms with van der Waals surface area (Å²) in [6, 6.07) is 5.93. The van der Waals surface area contributed by atoms with Gasteiger partial charge in [-0.05, 0) is 30.0 Å².